The molecule has 0 spiro atoms. The first-order valence-corrected chi connectivity index (χ1v) is 17.6. The molecule has 0 heterocycles. The summed E-state index contributed by atoms with van der Waals surface area (Å²) >= 11 is 12.5. The molecule has 0 radical (unpaired) electrons. The molecule has 1 N–H and O–H groups in total. The predicted molar refractivity (Wildman–Crippen MR) is 189 cm³/mol. The molecule has 0 fully saturated rings. The van der Waals surface area contributed by atoms with Crippen LogP contribution in [0, 0.1) is 0 Å². The number of methoxy groups -OCH3 is 2. The minimum Gasteiger partial charge on any atom is -0.493 e. The maximum absolute atomic E-state index is 14.6. The van der Waals surface area contributed by atoms with Crippen LogP contribution in [0.4, 0.5) is 5.69 Å². The van der Waals surface area contributed by atoms with E-state index in [4.69, 9.17) is 32.7 Å². The Morgan fingerprint density at radius 2 is 1.46 bits per heavy atom. The third-order valence-electron chi connectivity index (χ3n) is 7.88. The molecule has 9 nitrogen and oxygen atoms in total. The van der Waals surface area contributed by atoms with Crippen LogP contribution in [-0.4, -0.2) is 58.0 Å². The Labute approximate surface area is 292 Å². The molecule has 4 aromatic rings. The average Bonchev–Trinajstić information content (AvgIpc) is 3.10. The highest BCUT2D eigenvalue weighted by Gasteiger charge is 2.35. The number of hydrogen-bond acceptors (Lipinski definition) is 6. The number of hydrogen-bond donors (Lipinski definition) is 1. The van der Waals surface area contributed by atoms with E-state index in [0.29, 0.717) is 22.8 Å². The van der Waals surface area contributed by atoms with Gasteiger partial charge in [0.25, 0.3) is 10.0 Å². The molecule has 4 aromatic carbocycles. The Morgan fingerprint density at radius 1 is 0.812 bits per heavy atom. The number of ether oxygens (including phenoxy) is 2. The Hall–Kier alpha value is -4.25. The molecule has 0 aliphatic carbocycles. The average molecular weight is 713 g/mol. The van der Waals surface area contributed by atoms with Crippen molar-refractivity contribution in [2.24, 2.45) is 0 Å². The number of rotatable bonds is 15. The molecular weight excluding hydrogens is 673 g/mol. The third kappa shape index (κ3) is 9.00. The van der Waals surface area contributed by atoms with E-state index in [9.17, 15) is 18.0 Å². The zero-order valence-corrected chi connectivity index (χ0v) is 29.6. The van der Waals surface area contributed by atoms with Crippen LogP contribution in [0.2, 0.25) is 10.0 Å². The summed E-state index contributed by atoms with van der Waals surface area (Å²) in [6.45, 7) is 3.19. The first kappa shape index (κ1) is 36.6. The number of nitrogens with one attached hydrogen (secondary N) is 1. The number of nitrogens with zero attached hydrogens (tertiary/aromatic N) is 2. The van der Waals surface area contributed by atoms with Gasteiger partial charge in [-0.15, -0.1) is 0 Å². The third-order valence-corrected chi connectivity index (χ3v) is 10.4. The quantitative estimate of drug-likeness (QED) is 0.146. The first-order valence-electron chi connectivity index (χ1n) is 15.4. The van der Waals surface area contributed by atoms with Gasteiger partial charge in [-0.3, -0.25) is 13.9 Å². The largest absolute Gasteiger partial charge is 0.493 e. The van der Waals surface area contributed by atoms with Gasteiger partial charge in [-0.2, -0.15) is 0 Å². The minimum absolute atomic E-state index is 0.0415. The first-order chi connectivity index (χ1) is 23.0. The molecule has 48 heavy (non-hydrogen) atoms. The highest BCUT2D eigenvalue weighted by Crippen LogP contribution is 2.32. The van der Waals surface area contributed by atoms with E-state index in [2.05, 4.69) is 5.32 Å². The van der Waals surface area contributed by atoms with Gasteiger partial charge >= 0.3 is 0 Å². The van der Waals surface area contributed by atoms with Crippen molar-refractivity contribution in [2.45, 2.75) is 50.2 Å². The van der Waals surface area contributed by atoms with Gasteiger partial charge in [0.2, 0.25) is 11.8 Å². The second-order valence-electron chi connectivity index (χ2n) is 11.2. The van der Waals surface area contributed by atoms with Gasteiger partial charge in [0.15, 0.2) is 11.5 Å². The van der Waals surface area contributed by atoms with Crippen molar-refractivity contribution in [3.8, 4) is 11.5 Å². The normalized spacial score (nSPS) is 12.5. The fourth-order valence-corrected chi connectivity index (χ4v) is 6.81. The molecule has 0 saturated carbocycles. The summed E-state index contributed by atoms with van der Waals surface area (Å²) in [4.78, 5) is 29.9. The number of para-hydroxylation sites is 1. The summed E-state index contributed by atoms with van der Waals surface area (Å²) < 4.78 is 40.4. The molecule has 0 aliphatic rings. The van der Waals surface area contributed by atoms with Crippen LogP contribution in [0.15, 0.2) is 102 Å². The van der Waals surface area contributed by atoms with Crippen LogP contribution in [0.1, 0.15) is 31.4 Å². The zero-order chi connectivity index (χ0) is 34.8. The summed E-state index contributed by atoms with van der Waals surface area (Å²) in [5.41, 5.74) is 1.70. The van der Waals surface area contributed by atoms with E-state index in [-0.39, 0.29) is 46.3 Å². The topological polar surface area (TPSA) is 105 Å². The molecule has 0 saturated heterocycles. The second kappa shape index (κ2) is 16.7. The van der Waals surface area contributed by atoms with E-state index in [1.54, 1.807) is 48.5 Å². The number of carbonyl (C=O) groups excluding carboxylic acids is 2. The Morgan fingerprint density at radius 3 is 2.06 bits per heavy atom. The van der Waals surface area contributed by atoms with Crippen LogP contribution in [0.25, 0.3) is 0 Å². The maximum atomic E-state index is 14.6. The van der Waals surface area contributed by atoms with Crippen molar-refractivity contribution in [1.29, 1.82) is 0 Å². The lowest BCUT2D eigenvalue weighted by Gasteiger charge is -2.34. The van der Waals surface area contributed by atoms with Crippen molar-refractivity contribution in [1.82, 2.24) is 10.2 Å². The Bertz CT molecular complexity index is 1810. The number of sulfonamides is 1. The lowest BCUT2D eigenvalue weighted by molar-refractivity contribution is -0.140. The van der Waals surface area contributed by atoms with E-state index in [1.165, 1.54) is 37.3 Å². The fourth-order valence-electron chi connectivity index (χ4n) is 5.06. The molecular formula is C36H39Cl2N3O6S. The highest BCUT2D eigenvalue weighted by molar-refractivity contribution is 7.92. The molecule has 2 atom stereocenters. The van der Waals surface area contributed by atoms with Crippen molar-refractivity contribution < 1.29 is 27.5 Å². The van der Waals surface area contributed by atoms with Gasteiger partial charge in [-0.05, 0) is 60.9 Å². The highest BCUT2D eigenvalue weighted by atomic mass is 35.5. The molecule has 4 rings (SSSR count). The molecule has 0 aliphatic heterocycles. The smallest absolute Gasteiger partial charge is 0.264 e. The van der Waals surface area contributed by atoms with Crippen LogP contribution >= 0.6 is 23.2 Å². The van der Waals surface area contributed by atoms with Crippen molar-refractivity contribution >= 4 is 50.7 Å². The summed E-state index contributed by atoms with van der Waals surface area (Å²) in [6, 6.07) is 25.7. The number of amides is 2. The molecule has 2 amide bonds. The summed E-state index contributed by atoms with van der Waals surface area (Å²) in [5, 5.41) is 3.64. The summed E-state index contributed by atoms with van der Waals surface area (Å²) in [6.07, 6.45) is 0.861. The number of benzene rings is 4. The van der Waals surface area contributed by atoms with Gasteiger partial charge in [0, 0.05) is 25.1 Å². The van der Waals surface area contributed by atoms with Crippen LogP contribution in [-0.2, 0) is 32.6 Å². The predicted octanol–water partition coefficient (Wildman–Crippen LogP) is 6.76. The van der Waals surface area contributed by atoms with E-state index in [0.717, 1.165) is 9.87 Å². The molecule has 254 valence electrons. The van der Waals surface area contributed by atoms with Crippen LogP contribution < -0.4 is 19.1 Å². The molecule has 12 heteroatoms. The Balaban J connectivity index is 1.83. The standard InChI is InChI=1S/C36H39Cl2N3O6S/c1-5-25(2)39-36(43)32(21-26-12-8-6-9-13-26)40(23-27-16-18-30(37)31(38)20-27)35(42)24-41(28-14-10-7-11-15-28)48(44,45)29-17-19-33(46-3)34(22-29)47-4/h6-20,22,25,32H,5,21,23-24H2,1-4H3,(H,39,43). The lowest BCUT2D eigenvalue weighted by Crippen LogP contribution is -2.54. The van der Waals surface area contributed by atoms with Crippen molar-refractivity contribution in [3.05, 3.63) is 118 Å². The fraction of sp³-hybridized carbons (Fsp3) is 0.278. The van der Waals surface area contributed by atoms with Gasteiger partial charge in [-0.25, -0.2) is 8.42 Å². The van der Waals surface area contributed by atoms with E-state index in [1.807, 2.05) is 44.2 Å². The number of anilines is 1. The number of carbonyl (C=O) groups is 2. The van der Waals surface area contributed by atoms with E-state index >= 15 is 0 Å². The molecule has 0 bridgehead atoms. The van der Waals surface area contributed by atoms with Crippen molar-refractivity contribution in [3.63, 3.8) is 0 Å². The number of halogens is 2. The van der Waals surface area contributed by atoms with Crippen molar-refractivity contribution in [2.75, 3.05) is 25.1 Å². The summed E-state index contributed by atoms with van der Waals surface area (Å²) in [7, 11) is -1.48. The van der Waals surface area contributed by atoms with Crippen LogP contribution in [0.3, 0.4) is 0 Å². The lowest BCUT2D eigenvalue weighted by atomic mass is 10.0. The second-order valence-corrected chi connectivity index (χ2v) is 13.8. The minimum atomic E-state index is -4.34. The maximum Gasteiger partial charge on any atom is 0.264 e. The SMILES string of the molecule is CCC(C)NC(=O)C(Cc1ccccc1)N(Cc1ccc(Cl)c(Cl)c1)C(=O)CN(c1ccccc1)S(=O)(=O)c1ccc(OC)c(OC)c1. The molecule has 0 aromatic heterocycles. The Kier molecular flexibility index (Phi) is 12.7. The van der Waals surface area contributed by atoms with Gasteiger partial charge in [0.1, 0.15) is 12.6 Å². The van der Waals surface area contributed by atoms with E-state index < -0.39 is 28.5 Å². The monoisotopic (exact) mass is 711 g/mol. The van der Waals surface area contributed by atoms with Gasteiger partial charge in [0.05, 0.1) is 34.8 Å². The zero-order valence-electron chi connectivity index (χ0n) is 27.2. The summed E-state index contributed by atoms with van der Waals surface area (Å²) in [5.74, 6) is -0.406. The van der Waals surface area contributed by atoms with Gasteiger partial charge < -0.3 is 19.7 Å². The van der Waals surface area contributed by atoms with Crippen LogP contribution in [0.5, 0.6) is 11.5 Å². The van der Waals surface area contributed by atoms with Gasteiger partial charge in [-0.1, -0.05) is 84.7 Å². The molecule has 2 unspecified atom stereocenters.